The number of hydrogen-bond acceptors (Lipinski definition) is 2. The Morgan fingerprint density at radius 2 is 2.50 bits per heavy atom. The molecule has 0 N–H and O–H groups in total. The summed E-state index contributed by atoms with van der Waals surface area (Å²) in [6.07, 6.45) is 10.4. The van der Waals surface area contributed by atoms with Crippen LogP contribution in [0.15, 0.2) is 0 Å². The molecule has 2 nitrogen and oxygen atoms in total. The van der Waals surface area contributed by atoms with E-state index >= 15 is 0 Å². The summed E-state index contributed by atoms with van der Waals surface area (Å²) in [5.41, 5.74) is -0.296. The molecule has 78 valence electrons. The Bertz CT molecular complexity index is 174. The maximum Gasteiger partial charge on any atom is 0.126 e. The van der Waals surface area contributed by atoms with Crippen LogP contribution in [0.25, 0.3) is 0 Å². The van der Waals surface area contributed by atoms with Crippen LogP contribution >= 0.6 is 15.9 Å². The molecule has 0 aromatic carbocycles. The second-order valence-electron chi connectivity index (χ2n) is 3.49. The fraction of sp³-hybridized carbons (Fsp3) is 0.545. The molecule has 3 heteroatoms. The zero-order valence-electron chi connectivity index (χ0n) is 8.33. The number of aldehydes is 1. The van der Waals surface area contributed by atoms with Gasteiger partial charge in [0.25, 0.3) is 0 Å². The van der Waals surface area contributed by atoms with Gasteiger partial charge in [-0.05, 0) is 32.1 Å². The summed E-state index contributed by atoms with van der Waals surface area (Å²) in [6, 6.07) is 0. The Morgan fingerprint density at radius 3 is 2.93 bits per heavy atom. The number of halogens is 1. The lowest BCUT2D eigenvalue weighted by atomic mass is 9.71. The average molecular weight is 259 g/mol. The molecule has 1 rings (SSSR count). The first-order valence-electron chi connectivity index (χ1n) is 4.72. The first-order chi connectivity index (χ1) is 6.76. The number of hydrogen-bond donors (Lipinski definition) is 0. The zero-order chi connectivity index (χ0) is 10.4. The van der Waals surface area contributed by atoms with Crippen molar-refractivity contribution >= 4 is 22.2 Å². The van der Waals surface area contributed by atoms with Gasteiger partial charge in [0.05, 0.1) is 0 Å². The number of carbonyl (C=O) groups excluding carboxylic acids is 1. The van der Waals surface area contributed by atoms with E-state index in [0.29, 0.717) is 0 Å². The molecule has 0 heterocycles. The molecule has 0 aromatic rings. The van der Waals surface area contributed by atoms with Crippen molar-refractivity contribution in [2.45, 2.75) is 19.3 Å². The van der Waals surface area contributed by atoms with E-state index in [1.165, 1.54) is 0 Å². The zero-order valence-corrected chi connectivity index (χ0v) is 9.92. The highest BCUT2D eigenvalue weighted by Gasteiger charge is 2.35. The van der Waals surface area contributed by atoms with E-state index in [1.807, 2.05) is 19.3 Å². The first kappa shape index (κ1) is 12.2. The predicted molar refractivity (Wildman–Crippen MR) is 59.3 cm³/mol. The van der Waals surface area contributed by atoms with Gasteiger partial charge < -0.3 is 9.53 Å². The third-order valence-corrected chi connectivity index (χ3v) is 3.07. The second-order valence-corrected chi connectivity index (χ2v) is 4.28. The highest BCUT2D eigenvalue weighted by atomic mass is 79.9. The van der Waals surface area contributed by atoms with Gasteiger partial charge in [-0.2, -0.15) is 0 Å². The normalized spacial score (nSPS) is 22.1. The summed E-state index contributed by atoms with van der Waals surface area (Å²) in [4.78, 5) is 11.0. The van der Waals surface area contributed by atoms with E-state index in [-0.39, 0.29) is 5.41 Å². The molecule has 0 amide bonds. The van der Waals surface area contributed by atoms with Crippen molar-refractivity contribution in [1.82, 2.24) is 0 Å². The summed E-state index contributed by atoms with van der Waals surface area (Å²) < 4.78 is 5.08. The number of rotatable bonds is 5. The molecule has 4 radical (unpaired) electrons. The summed E-state index contributed by atoms with van der Waals surface area (Å²) in [5.74, 6) is 0. The summed E-state index contributed by atoms with van der Waals surface area (Å²) in [7, 11) is 1.64. The van der Waals surface area contributed by atoms with Gasteiger partial charge in [0.15, 0.2) is 0 Å². The van der Waals surface area contributed by atoms with Gasteiger partial charge in [0.1, 0.15) is 12.4 Å². The Morgan fingerprint density at radius 1 is 1.71 bits per heavy atom. The van der Waals surface area contributed by atoms with E-state index in [9.17, 15) is 4.79 Å². The molecule has 0 aliphatic heterocycles. The van der Waals surface area contributed by atoms with E-state index in [0.717, 1.165) is 37.0 Å². The molecule has 0 aromatic heterocycles. The van der Waals surface area contributed by atoms with Crippen LogP contribution < -0.4 is 0 Å². The molecule has 1 fully saturated rings. The van der Waals surface area contributed by atoms with Gasteiger partial charge in [0, 0.05) is 24.3 Å². The molecule has 14 heavy (non-hydrogen) atoms. The van der Waals surface area contributed by atoms with Crippen LogP contribution in [0.5, 0.6) is 0 Å². The Hall–Kier alpha value is 0.110. The van der Waals surface area contributed by atoms with Crippen molar-refractivity contribution in [1.29, 1.82) is 0 Å². The topological polar surface area (TPSA) is 26.3 Å². The number of methoxy groups -OCH3 is 1. The van der Waals surface area contributed by atoms with Crippen LogP contribution in [0.2, 0.25) is 0 Å². The van der Waals surface area contributed by atoms with Crippen molar-refractivity contribution in [3.8, 4) is 0 Å². The van der Waals surface area contributed by atoms with E-state index < -0.39 is 0 Å². The highest BCUT2D eigenvalue weighted by Crippen LogP contribution is 2.39. The van der Waals surface area contributed by atoms with Crippen molar-refractivity contribution in [3.05, 3.63) is 25.4 Å². The smallest absolute Gasteiger partial charge is 0.126 e. The van der Waals surface area contributed by atoms with Gasteiger partial charge in [-0.15, -0.1) is 0 Å². The summed E-state index contributed by atoms with van der Waals surface area (Å²) in [6.45, 7) is 0. The van der Waals surface area contributed by atoms with Crippen molar-refractivity contribution in [2.75, 3.05) is 12.4 Å². The highest BCUT2D eigenvalue weighted by molar-refractivity contribution is 9.09. The second kappa shape index (κ2) is 5.86. The molecule has 0 spiro atoms. The van der Waals surface area contributed by atoms with E-state index in [4.69, 9.17) is 4.74 Å². The molecule has 1 aliphatic rings. The lowest BCUT2D eigenvalue weighted by Crippen LogP contribution is -2.30. The maximum absolute atomic E-state index is 11.0. The Kier molecular flexibility index (Phi) is 5.10. The van der Waals surface area contributed by atoms with Crippen LogP contribution in [-0.4, -0.2) is 18.7 Å². The molecule has 0 saturated heterocycles. The van der Waals surface area contributed by atoms with E-state index in [1.54, 1.807) is 7.11 Å². The third-order valence-electron chi connectivity index (χ3n) is 2.51. The summed E-state index contributed by atoms with van der Waals surface area (Å²) in [5, 5.41) is 0.942. The largest absolute Gasteiger partial charge is 0.375 e. The van der Waals surface area contributed by atoms with Crippen LogP contribution in [-0.2, 0) is 9.53 Å². The molecular formula is C11H15BrO2. The SMILES string of the molecule is CO[C]1[CH][CH]C(C=O)(CCCBr)C[CH]1. The molecule has 1 aliphatic carbocycles. The minimum Gasteiger partial charge on any atom is -0.375 e. The van der Waals surface area contributed by atoms with Crippen molar-refractivity contribution < 1.29 is 9.53 Å². The van der Waals surface area contributed by atoms with Gasteiger partial charge in [-0.3, -0.25) is 0 Å². The van der Waals surface area contributed by atoms with Crippen LogP contribution in [0.1, 0.15) is 19.3 Å². The monoisotopic (exact) mass is 258 g/mol. The van der Waals surface area contributed by atoms with Crippen LogP contribution in [0.3, 0.4) is 0 Å². The van der Waals surface area contributed by atoms with Gasteiger partial charge in [0.2, 0.25) is 0 Å². The number of alkyl halides is 1. The number of carbonyl (C=O) groups is 1. The minimum atomic E-state index is -0.296. The molecule has 1 unspecified atom stereocenters. The molecular weight excluding hydrogens is 244 g/mol. The predicted octanol–water partition coefficient (Wildman–Crippen LogP) is 2.54. The van der Waals surface area contributed by atoms with Gasteiger partial charge in [-0.25, -0.2) is 0 Å². The van der Waals surface area contributed by atoms with Crippen LogP contribution in [0, 0.1) is 30.8 Å². The lowest BCUT2D eigenvalue weighted by Gasteiger charge is -2.34. The molecule has 1 saturated carbocycles. The van der Waals surface area contributed by atoms with Crippen LogP contribution in [0.4, 0.5) is 0 Å². The minimum absolute atomic E-state index is 0.296. The van der Waals surface area contributed by atoms with E-state index in [2.05, 4.69) is 15.9 Å². The fourth-order valence-electron chi connectivity index (χ4n) is 1.55. The maximum atomic E-state index is 11.0. The van der Waals surface area contributed by atoms with Gasteiger partial charge >= 0.3 is 0 Å². The Labute approximate surface area is 94.5 Å². The molecule has 0 bridgehead atoms. The third kappa shape index (κ3) is 3.06. The standard InChI is InChI=1S/C11H15BrO2/c1-14-10-3-6-11(9-13,7-4-10)5-2-8-12/h3-4,6,9H,2,5,7-8H2,1H3. The first-order valence-corrected chi connectivity index (χ1v) is 5.84. The Balaban J connectivity index is 2.43. The average Bonchev–Trinajstić information content (AvgIpc) is 2.27. The lowest BCUT2D eigenvalue weighted by molar-refractivity contribution is -0.115. The quantitative estimate of drug-likeness (QED) is 0.560. The fourth-order valence-corrected chi connectivity index (χ4v) is 1.83. The molecule has 1 atom stereocenters. The number of ether oxygens (including phenoxy) is 1. The van der Waals surface area contributed by atoms with Crippen molar-refractivity contribution in [2.24, 2.45) is 5.41 Å². The van der Waals surface area contributed by atoms with Gasteiger partial charge in [-0.1, -0.05) is 15.9 Å². The van der Waals surface area contributed by atoms with Crippen molar-refractivity contribution in [3.63, 3.8) is 0 Å². The summed E-state index contributed by atoms with van der Waals surface area (Å²) >= 11 is 3.37.